The molecule has 0 spiro atoms. The minimum absolute atomic E-state index is 0.0179. The van der Waals surface area contributed by atoms with Crippen LogP contribution in [0.15, 0.2) is 12.7 Å². The summed E-state index contributed by atoms with van der Waals surface area (Å²) >= 11 is 0. The molecule has 3 N–H and O–H groups in total. The molecule has 0 bridgehead atoms. The SMILES string of the molecule is C=CC1CCC(C(=O)O)CC1OCC(C)N. The van der Waals surface area contributed by atoms with Crippen LogP contribution in [-0.4, -0.2) is 29.8 Å². The van der Waals surface area contributed by atoms with Crippen molar-refractivity contribution in [2.24, 2.45) is 17.6 Å². The topological polar surface area (TPSA) is 72.5 Å². The first-order valence-corrected chi connectivity index (χ1v) is 5.77. The molecule has 16 heavy (non-hydrogen) atoms. The van der Waals surface area contributed by atoms with Crippen molar-refractivity contribution < 1.29 is 14.6 Å². The van der Waals surface area contributed by atoms with E-state index in [2.05, 4.69) is 6.58 Å². The average molecular weight is 227 g/mol. The minimum Gasteiger partial charge on any atom is -0.481 e. The van der Waals surface area contributed by atoms with Gasteiger partial charge in [0.2, 0.25) is 0 Å². The molecule has 0 aromatic heterocycles. The van der Waals surface area contributed by atoms with Gasteiger partial charge >= 0.3 is 5.97 Å². The van der Waals surface area contributed by atoms with Crippen LogP contribution in [0.1, 0.15) is 26.2 Å². The Hall–Kier alpha value is -0.870. The number of rotatable bonds is 5. The first-order chi connectivity index (χ1) is 7.54. The van der Waals surface area contributed by atoms with Gasteiger partial charge in [0, 0.05) is 12.0 Å². The van der Waals surface area contributed by atoms with E-state index < -0.39 is 5.97 Å². The molecular formula is C12H21NO3. The molecule has 0 heterocycles. The molecule has 4 unspecified atom stereocenters. The zero-order valence-corrected chi connectivity index (χ0v) is 9.76. The van der Waals surface area contributed by atoms with E-state index in [4.69, 9.17) is 15.6 Å². The van der Waals surface area contributed by atoms with Gasteiger partial charge in [0.1, 0.15) is 0 Å². The van der Waals surface area contributed by atoms with Crippen molar-refractivity contribution in [3.63, 3.8) is 0 Å². The molecule has 0 amide bonds. The second-order valence-corrected chi connectivity index (χ2v) is 4.60. The molecule has 1 saturated carbocycles. The molecule has 1 aliphatic rings. The monoisotopic (exact) mass is 227 g/mol. The summed E-state index contributed by atoms with van der Waals surface area (Å²) in [5.41, 5.74) is 5.62. The van der Waals surface area contributed by atoms with Crippen LogP contribution in [-0.2, 0) is 9.53 Å². The van der Waals surface area contributed by atoms with Gasteiger partial charge in [-0.25, -0.2) is 0 Å². The third kappa shape index (κ3) is 3.61. The predicted octanol–water partition coefficient (Wildman–Crippen LogP) is 1.41. The fourth-order valence-electron chi connectivity index (χ4n) is 2.11. The van der Waals surface area contributed by atoms with Gasteiger partial charge in [-0.2, -0.15) is 0 Å². The first-order valence-electron chi connectivity index (χ1n) is 5.77. The molecule has 0 radical (unpaired) electrons. The molecule has 4 nitrogen and oxygen atoms in total. The second kappa shape index (κ2) is 6.01. The Balaban J connectivity index is 2.53. The lowest BCUT2D eigenvalue weighted by Crippen LogP contribution is -2.36. The summed E-state index contributed by atoms with van der Waals surface area (Å²) in [6, 6.07) is -0.0179. The lowest BCUT2D eigenvalue weighted by atomic mass is 9.80. The van der Waals surface area contributed by atoms with Gasteiger partial charge in [-0.1, -0.05) is 6.08 Å². The zero-order chi connectivity index (χ0) is 12.1. The summed E-state index contributed by atoms with van der Waals surface area (Å²) in [6.07, 6.45) is 3.94. The molecular weight excluding hydrogens is 206 g/mol. The standard InChI is InChI=1S/C12H21NO3/c1-3-9-4-5-10(12(14)15)6-11(9)16-7-8(2)13/h3,8-11H,1,4-7,13H2,2H3,(H,14,15). The van der Waals surface area contributed by atoms with Crippen LogP contribution in [0.4, 0.5) is 0 Å². The summed E-state index contributed by atoms with van der Waals surface area (Å²) in [5, 5.41) is 8.99. The van der Waals surface area contributed by atoms with Crippen LogP contribution < -0.4 is 5.73 Å². The number of ether oxygens (including phenoxy) is 1. The van der Waals surface area contributed by atoms with Crippen molar-refractivity contribution in [1.29, 1.82) is 0 Å². The number of aliphatic carboxylic acids is 1. The fourth-order valence-corrected chi connectivity index (χ4v) is 2.11. The number of carboxylic acids is 1. The highest BCUT2D eigenvalue weighted by Crippen LogP contribution is 2.32. The van der Waals surface area contributed by atoms with Crippen LogP contribution in [0.2, 0.25) is 0 Å². The number of hydrogen-bond donors (Lipinski definition) is 2. The van der Waals surface area contributed by atoms with Gasteiger partial charge in [0.05, 0.1) is 18.6 Å². The smallest absolute Gasteiger partial charge is 0.306 e. The van der Waals surface area contributed by atoms with E-state index in [1.54, 1.807) is 0 Å². The largest absolute Gasteiger partial charge is 0.481 e. The van der Waals surface area contributed by atoms with Crippen LogP contribution in [0.25, 0.3) is 0 Å². The Morgan fingerprint density at radius 1 is 1.69 bits per heavy atom. The molecule has 1 aliphatic carbocycles. The summed E-state index contributed by atoms with van der Waals surface area (Å²) < 4.78 is 5.67. The third-order valence-corrected chi connectivity index (χ3v) is 3.07. The van der Waals surface area contributed by atoms with E-state index >= 15 is 0 Å². The molecule has 0 aliphatic heterocycles. The Labute approximate surface area is 96.5 Å². The lowest BCUT2D eigenvalue weighted by Gasteiger charge is -2.33. The van der Waals surface area contributed by atoms with Crippen LogP contribution >= 0.6 is 0 Å². The fraction of sp³-hybridized carbons (Fsp3) is 0.750. The van der Waals surface area contributed by atoms with Gasteiger partial charge in [-0.3, -0.25) is 4.79 Å². The molecule has 4 atom stereocenters. The van der Waals surface area contributed by atoms with E-state index in [1.807, 2.05) is 13.0 Å². The number of hydrogen-bond acceptors (Lipinski definition) is 3. The quantitative estimate of drug-likeness (QED) is 0.696. The highest BCUT2D eigenvalue weighted by atomic mass is 16.5. The van der Waals surface area contributed by atoms with E-state index in [0.29, 0.717) is 19.4 Å². The third-order valence-electron chi connectivity index (χ3n) is 3.07. The summed E-state index contributed by atoms with van der Waals surface area (Å²) in [4.78, 5) is 10.9. The number of carboxylic acid groups (broad SMARTS) is 1. The van der Waals surface area contributed by atoms with Crippen LogP contribution in [0.3, 0.4) is 0 Å². The molecule has 0 saturated heterocycles. The highest BCUT2D eigenvalue weighted by Gasteiger charge is 2.33. The van der Waals surface area contributed by atoms with Crippen molar-refractivity contribution in [3.05, 3.63) is 12.7 Å². The van der Waals surface area contributed by atoms with Gasteiger partial charge in [-0.05, 0) is 26.2 Å². The first kappa shape index (κ1) is 13.2. The number of carbonyl (C=O) groups is 1. The lowest BCUT2D eigenvalue weighted by molar-refractivity contribution is -0.145. The Morgan fingerprint density at radius 2 is 2.38 bits per heavy atom. The van der Waals surface area contributed by atoms with Crippen molar-refractivity contribution >= 4 is 5.97 Å². The summed E-state index contributed by atoms with van der Waals surface area (Å²) in [7, 11) is 0. The van der Waals surface area contributed by atoms with Crippen molar-refractivity contribution in [1.82, 2.24) is 0 Å². The molecule has 0 aromatic carbocycles. The van der Waals surface area contributed by atoms with E-state index in [1.165, 1.54) is 0 Å². The Bertz CT molecular complexity index is 253. The molecule has 1 fully saturated rings. The van der Waals surface area contributed by atoms with E-state index in [9.17, 15) is 4.79 Å². The van der Waals surface area contributed by atoms with Crippen molar-refractivity contribution in [2.45, 2.75) is 38.3 Å². The van der Waals surface area contributed by atoms with E-state index in [0.717, 1.165) is 6.42 Å². The summed E-state index contributed by atoms with van der Waals surface area (Å²) in [6.45, 7) is 6.12. The van der Waals surface area contributed by atoms with Crippen LogP contribution in [0, 0.1) is 11.8 Å². The van der Waals surface area contributed by atoms with Gasteiger partial charge in [0.25, 0.3) is 0 Å². The highest BCUT2D eigenvalue weighted by molar-refractivity contribution is 5.70. The van der Waals surface area contributed by atoms with Crippen LogP contribution in [0.5, 0.6) is 0 Å². The molecule has 4 heteroatoms. The minimum atomic E-state index is -0.725. The zero-order valence-electron chi connectivity index (χ0n) is 9.76. The van der Waals surface area contributed by atoms with Crippen molar-refractivity contribution in [2.75, 3.05) is 6.61 Å². The summed E-state index contributed by atoms with van der Waals surface area (Å²) in [5.74, 6) is -0.750. The average Bonchev–Trinajstić information content (AvgIpc) is 2.25. The second-order valence-electron chi connectivity index (χ2n) is 4.60. The molecule has 0 aromatic rings. The van der Waals surface area contributed by atoms with E-state index in [-0.39, 0.29) is 24.0 Å². The number of nitrogens with two attached hydrogens (primary N) is 1. The van der Waals surface area contributed by atoms with Gasteiger partial charge < -0.3 is 15.6 Å². The Kier molecular flexibility index (Phi) is 4.96. The molecule has 92 valence electrons. The maximum absolute atomic E-state index is 10.9. The van der Waals surface area contributed by atoms with Crippen molar-refractivity contribution in [3.8, 4) is 0 Å². The van der Waals surface area contributed by atoms with Gasteiger partial charge in [0.15, 0.2) is 0 Å². The molecule has 1 rings (SSSR count). The maximum atomic E-state index is 10.9. The maximum Gasteiger partial charge on any atom is 0.306 e. The predicted molar refractivity (Wildman–Crippen MR) is 62.1 cm³/mol. The van der Waals surface area contributed by atoms with Gasteiger partial charge in [-0.15, -0.1) is 6.58 Å². The normalized spacial score (nSPS) is 32.0. The Morgan fingerprint density at radius 3 is 2.88 bits per heavy atom.